The first-order valence-electron chi connectivity index (χ1n) is 6.87. The highest BCUT2D eigenvalue weighted by Crippen LogP contribution is 2.25. The molecule has 21 heavy (non-hydrogen) atoms. The van der Waals surface area contributed by atoms with Crippen LogP contribution < -0.4 is 4.74 Å². The average Bonchev–Trinajstić information content (AvgIpc) is 2.31. The highest BCUT2D eigenvalue weighted by atomic mass is 31.2. The van der Waals surface area contributed by atoms with Crippen LogP contribution in [0.5, 0.6) is 5.75 Å². The molecule has 1 rings (SSSR count). The first-order chi connectivity index (χ1) is 9.65. The Morgan fingerprint density at radius 1 is 1.05 bits per heavy atom. The van der Waals surface area contributed by atoms with E-state index in [0.717, 1.165) is 32.0 Å². The molecule has 0 atom stereocenters. The summed E-state index contributed by atoms with van der Waals surface area (Å²) in [5, 5.41) is 0. The monoisotopic (exact) mass is 319 g/mol. The Balaban J connectivity index is 0.000000690. The van der Waals surface area contributed by atoms with Gasteiger partial charge in [-0.25, -0.2) is 4.57 Å². The van der Waals surface area contributed by atoms with Crippen LogP contribution in [0, 0.1) is 13.8 Å². The van der Waals surface area contributed by atoms with Gasteiger partial charge in [0.15, 0.2) is 0 Å². The van der Waals surface area contributed by atoms with Crippen LogP contribution in [0.4, 0.5) is 0 Å². The van der Waals surface area contributed by atoms with Crippen LogP contribution in [0.25, 0.3) is 0 Å². The zero-order valence-corrected chi connectivity index (χ0v) is 14.0. The van der Waals surface area contributed by atoms with Crippen molar-refractivity contribution >= 4 is 7.82 Å². The van der Waals surface area contributed by atoms with Crippen molar-refractivity contribution < 1.29 is 24.0 Å². The highest BCUT2D eigenvalue weighted by molar-refractivity contribution is 7.45. The fourth-order valence-corrected chi connectivity index (χ4v) is 1.85. The van der Waals surface area contributed by atoms with Crippen molar-refractivity contribution in [2.45, 2.75) is 27.7 Å². The molecule has 0 aliphatic carbocycles. The SMILES string of the molecule is CCN(CC)CCOc1cc(C)cc(C)c1.O=P(O)(O)O. The first kappa shape index (κ1) is 20.1. The predicted molar refractivity (Wildman–Crippen MR) is 83.5 cm³/mol. The average molecular weight is 319 g/mol. The predicted octanol–water partition coefficient (Wildman–Crippen LogP) is 2.10. The van der Waals surface area contributed by atoms with E-state index >= 15 is 0 Å². The van der Waals surface area contributed by atoms with E-state index in [0.29, 0.717) is 0 Å². The molecule has 1 aromatic rings. The van der Waals surface area contributed by atoms with Gasteiger partial charge in [0, 0.05) is 6.54 Å². The summed E-state index contributed by atoms with van der Waals surface area (Å²) >= 11 is 0. The van der Waals surface area contributed by atoms with Gasteiger partial charge in [-0.15, -0.1) is 0 Å². The quantitative estimate of drug-likeness (QED) is 0.696. The summed E-state index contributed by atoms with van der Waals surface area (Å²) in [4.78, 5) is 23.9. The summed E-state index contributed by atoms with van der Waals surface area (Å²) in [6, 6.07) is 6.35. The molecule has 0 aliphatic rings. The number of benzene rings is 1. The van der Waals surface area contributed by atoms with E-state index < -0.39 is 7.82 Å². The van der Waals surface area contributed by atoms with Crippen LogP contribution in [-0.4, -0.2) is 45.8 Å². The molecule has 0 amide bonds. The Morgan fingerprint density at radius 2 is 1.48 bits per heavy atom. The van der Waals surface area contributed by atoms with Crippen LogP contribution in [0.3, 0.4) is 0 Å². The molecule has 0 aliphatic heterocycles. The van der Waals surface area contributed by atoms with Crippen molar-refractivity contribution in [3.8, 4) is 5.75 Å². The Bertz CT molecular complexity index is 428. The Hall–Kier alpha value is -0.910. The molecule has 3 N–H and O–H groups in total. The van der Waals surface area contributed by atoms with Crippen molar-refractivity contribution in [1.82, 2.24) is 4.90 Å². The van der Waals surface area contributed by atoms with Crippen molar-refractivity contribution in [3.63, 3.8) is 0 Å². The van der Waals surface area contributed by atoms with Gasteiger partial charge in [-0.2, -0.15) is 0 Å². The molecular weight excluding hydrogens is 293 g/mol. The number of likely N-dealkylation sites (N-methyl/N-ethyl adjacent to an activating group) is 1. The van der Waals surface area contributed by atoms with Gasteiger partial charge in [0.25, 0.3) is 0 Å². The maximum Gasteiger partial charge on any atom is 0.466 e. The van der Waals surface area contributed by atoms with Gasteiger partial charge in [0.05, 0.1) is 0 Å². The minimum absolute atomic E-state index is 0.768. The maximum atomic E-state index is 8.88. The molecule has 0 saturated carbocycles. The number of phosphoric acid groups is 1. The minimum atomic E-state index is -4.64. The van der Waals surface area contributed by atoms with Crippen LogP contribution in [-0.2, 0) is 4.57 Å². The third-order valence-corrected chi connectivity index (χ3v) is 2.77. The molecule has 0 fully saturated rings. The zero-order chi connectivity index (χ0) is 16.5. The van der Waals surface area contributed by atoms with E-state index in [9.17, 15) is 0 Å². The fraction of sp³-hybridized carbons (Fsp3) is 0.571. The van der Waals surface area contributed by atoms with Gasteiger partial charge < -0.3 is 24.3 Å². The molecule has 6 nitrogen and oxygen atoms in total. The molecule has 0 radical (unpaired) electrons. The first-order valence-corrected chi connectivity index (χ1v) is 8.44. The second-order valence-electron chi connectivity index (χ2n) is 4.71. The van der Waals surface area contributed by atoms with E-state index in [1.54, 1.807) is 0 Å². The van der Waals surface area contributed by atoms with E-state index in [1.807, 2.05) is 0 Å². The van der Waals surface area contributed by atoms with Crippen LogP contribution in [0.2, 0.25) is 0 Å². The van der Waals surface area contributed by atoms with Crippen molar-refractivity contribution in [2.75, 3.05) is 26.2 Å². The Labute approximate surface area is 126 Å². The zero-order valence-electron chi connectivity index (χ0n) is 13.1. The fourth-order valence-electron chi connectivity index (χ4n) is 1.85. The van der Waals surface area contributed by atoms with E-state index in [1.165, 1.54) is 11.1 Å². The molecule has 0 spiro atoms. The lowest BCUT2D eigenvalue weighted by molar-refractivity contribution is 0.222. The van der Waals surface area contributed by atoms with Gasteiger partial charge in [-0.1, -0.05) is 19.9 Å². The molecule has 0 heterocycles. The number of hydrogen-bond acceptors (Lipinski definition) is 3. The van der Waals surface area contributed by atoms with Crippen LogP contribution >= 0.6 is 7.82 Å². The van der Waals surface area contributed by atoms with Crippen LogP contribution in [0.1, 0.15) is 25.0 Å². The normalized spacial score (nSPS) is 11.0. The number of nitrogens with zero attached hydrogens (tertiary/aromatic N) is 1. The number of hydrogen-bond donors (Lipinski definition) is 3. The summed E-state index contributed by atoms with van der Waals surface area (Å²) in [5.74, 6) is 0.990. The minimum Gasteiger partial charge on any atom is -0.492 e. The number of rotatable bonds is 6. The lowest BCUT2D eigenvalue weighted by Crippen LogP contribution is -2.27. The maximum absolute atomic E-state index is 8.88. The molecule has 0 aromatic heterocycles. The van der Waals surface area contributed by atoms with E-state index in [2.05, 4.69) is 50.8 Å². The second kappa shape index (κ2) is 9.92. The highest BCUT2D eigenvalue weighted by Gasteiger charge is 2.01. The van der Waals surface area contributed by atoms with Gasteiger partial charge in [0.1, 0.15) is 12.4 Å². The van der Waals surface area contributed by atoms with Crippen molar-refractivity contribution in [1.29, 1.82) is 0 Å². The van der Waals surface area contributed by atoms with Crippen LogP contribution in [0.15, 0.2) is 18.2 Å². The molecule has 0 unspecified atom stereocenters. The van der Waals surface area contributed by atoms with Gasteiger partial charge in [-0.05, 0) is 50.2 Å². The second-order valence-corrected chi connectivity index (χ2v) is 5.74. The molecule has 1 aromatic carbocycles. The molecule has 122 valence electrons. The van der Waals surface area contributed by atoms with Crippen molar-refractivity contribution in [3.05, 3.63) is 29.3 Å². The van der Waals surface area contributed by atoms with E-state index in [-0.39, 0.29) is 0 Å². The smallest absolute Gasteiger partial charge is 0.466 e. The third kappa shape index (κ3) is 12.5. The lowest BCUT2D eigenvalue weighted by Gasteiger charge is -2.18. The largest absolute Gasteiger partial charge is 0.492 e. The van der Waals surface area contributed by atoms with Gasteiger partial charge in [0.2, 0.25) is 0 Å². The molecule has 0 bridgehead atoms. The number of ether oxygens (including phenoxy) is 1. The molecular formula is C14H26NO5P. The Kier molecular flexibility index (Phi) is 9.49. The molecule has 7 heteroatoms. The number of aryl methyl sites for hydroxylation is 2. The molecule has 0 saturated heterocycles. The Morgan fingerprint density at radius 3 is 1.86 bits per heavy atom. The lowest BCUT2D eigenvalue weighted by atomic mass is 10.1. The summed E-state index contributed by atoms with van der Waals surface area (Å²) in [6.07, 6.45) is 0. The third-order valence-electron chi connectivity index (χ3n) is 2.77. The summed E-state index contributed by atoms with van der Waals surface area (Å²) in [6.45, 7) is 12.5. The van der Waals surface area contributed by atoms with Gasteiger partial charge >= 0.3 is 7.82 Å². The standard InChI is InChI=1S/C14H23NO.H3O4P/c1-5-15(6-2)7-8-16-14-10-12(3)9-13(4)11-14;1-5(2,3)4/h9-11H,5-8H2,1-4H3;(H3,1,2,3,4). The van der Waals surface area contributed by atoms with E-state index in [4.69, 9.17) is 24.0 Å². The summed E-state index contributed by atoms with van der Waals surface area (Å²) in [7, 11) is -4.64. The van der Waals surface area contributed by atoms with Crippen molar-refractivity contribution in [2.24, 2.45) is 0 Å². The summed E-state index contributed by atoms with van der Waals surface area (Å²) < 4.78 is 14.6. The topological polar surface area (TPSA) is 90.2 Å². The van der Waals surface area contributed by atoms with Gasteiger partial charge in [-0.3, -0.25) is 0 Å². The summed E-state index contributed by atoms with van der Waals surface area (Å²) in [5.41, 5.74) is 2.52.